The molecule has 9 heteroatoms. The van der Waals surface area contributed by atoms with Crippen LogP contribution in [0.4, 0.5) is 8.78 Å². The highest BCUT2D eigenvalue weighted by molar-refractivity contribution is 6.31. The third-order valence-electron chi connectivity index (χ3n) is 8.44. The summed E-state index contributed by atoms with van der Waals surface area (Å²) < 4.78 is 29.3. The lowest BCUT2D eigenvalue weighted by atomic mass is 9.96. The highest BCUT2D eigenvalue weighted by Crippen LogP contribution is 2.43. The lowest BCUT2D eigenvalue weighted by molar-refractivity contribution is -0.140. The molecular formula is C33H29ClF2N4O2. The number of likely N-dealkylation sites (tertiary alicyclic amines) is 2. The number of nitriles is 1. The van der Waals surface area contributed by atoms with Crippen LogP contribution in [0.5, 0.6) is 0 Å². The number of piperidine rings is 1. The fourth-order valence-electron chi connectivity index (χ4n) is 6.34. The molecule has 6 rings (SSSR count). The molecule has 1 amide bonds. The van der Waals surface area contributed by atoms with Gasteiger partial charge in [-0.3, -0.25) is 19.5 Å². The number of hydrogen-bond donors (Lipinski definition) is 0. The van der Waals surface area contributed by atoms with Crippen molar-refractivity contribution in [2.24, 2.45) is 0 Å². The molecule has 0 spiro atoms. The van der Waals surface area contributed by atoms with Gasteiger partial charge in [0.2, 0.25) is 5.91 Å². The van der Waals surface area contributed by atoms with Crippen LogP contribution >= 0.6 is 11.6 Å². The Bertz CT molecular complexity index is 1750. The van der Waals surface area contributed by atoms with Gasteiger partial charge in [-0.2, -0.15) is 5.26 Å². The number of amides is 1. The molecule has 0 unspecified atom stereocenters. The van der Waals surface area contributed by atoms with E-state index in [1.54, 1.807) is 17.2 Å². The average Bonchev–Trinajstić information content (AvgIpc) is 3.31. The van der Waals surface area contributed by atoms with Gasteiger partial charge in [0.25, 0.3) is 5.92 Å². The number of rotatable bonds is 6. The van der Waals surface area contributed by atoms with Gasteiger partial charge in [0, 0.05) is 48.1 Å². The minimum absolute atomic E-state index is 0.164. The van der Waals surface area contributed by atoms with Gasteiger partial charge in [0.05, 0.1) is 18.5 Å². The van der Waals surface area contributed by atoms with E-state index in [1.165, 1.54) is 0 Å². The zero-order valence-electron chi connectivity index (χ0n) is 23.0. The van der Waals surface area contributed by atoms with Gasteiger partial charge in [-0.15, -0.1) is 0 Å². The molecule has 1 atom stereocenters. The topological polar surface area (TPSA) is 77.3 Å². The molecule has 0 N–H and O–H groups in total. The largest absolute Gasteiger partial charge is 0.306 e. The molecule has 3 aromatic carbocycles. The highest BCUT2D eigenvalue weighted by Gasteiger charge is 2.60. The van der Waals surface area contributed by atoms with Crippen molar-refractivity contribution in [2.75, 3.05) is 19.6 Å². The van der Waals surface area contributed by atoms with Gasteiger partial charge in [0.1, 0.15) is 6.07 Å². The molecule has 0 saturated carbocycles. The summed E-state index contributed by atoms with van der Waals surface area (Å²) in [6.07, 6.45) is 2.96. The Kier molecular flexibility index (Phi) is 7.42. The van der Waals surface area contributed by atoms with Crippen LogP contribution in [0.15, 0.2) is 66.9 Å². The van der Waals surface area contributed by atoms with Crippen LogP contribution in [-0.2, 0) is 4.79 Å². The summed E-state index contributed by atoms with van der Waals surface area (Å²) in [5, 5.41) is 13.4. The predicted molar refractivity (Wildman–Crippen MR) is 158 cm³/mol. The molecule has 0 bridgehead atoms. The molecule has 4 aromatic rings. The standard InChI is InChI=1S/C33H29ClF2N4O2/c34-26-8-6-23-16-22(4-5-24(23)17-26)25-7-9-29-28(18-25)27(12-13-38-29)30(41)10-11-31(42)40-21-32(35,36)19-33(40,20-37)39-14-2-1-3-15-39/h4-9,12-13,16-18H,1-3,10-11,14-15,19,21H2/t33-/m0/s1. The van der Waals surface area contributed by atoms with Gasteiger partial charge in [-0.1, -0.05) is 42.3 Å². The predicted octanol–water partition coefficient (Wildman–Crippen LogP) is 7.24. The van der Waals surface area contributed by atoms with E-state index in [2.05, 4.69) is 17.1 Å². The second-order valence-electron chi connectivity index (χ2n) is 11.2. The van der Waals surface area contributed by atoms with Crippen LogP contribution in [0, 0.1) is 11.3 Å². The first-order valence-corrected chi connectivity index (χ1v) is 14.5. The van der Waals surface area contributed by atoms with E-state index in [-0.39, 0.29) is 18.6 Å². The minimum Gasteiger partial charge on any atom is -0.306 e. The van der Waals surface area contributed by atoms with Crippen LogP contribution < -0.4 is 0 Å². The first-order chi connectivity index (χ1) is 20.2. The number of ketones is 1. The Labute approximate surface area is 247 Å². The van der Waals surface area contributed by atoms with E-state index in [1.807, 2.05) is 48.5 Å². The number of pyridine rings is 1. The van der Waals surface area contributed by atoms with E-state index in [4.69, 9.17) is 11.6 Å². The van der Waals surface area contributed by atoms with Gasteiger partial charge in [0.15, 0.2) is 11.4 Å². The Balaban J connectivity index is 1.24. The molecule has 1 aromatic heterocycles. The maximum Gasteiger partial charge on any atom is 0.270 e. The number of fused-ring (bicyclic) bond motifs is 2. The molecule has 214 valence electrons. The number of Topliss-reactive ketones (excluding diaryl/α,β-unsaturated/α-hetero) is 1. The Morgan fingerprint density at radius 2 is 1.64 bits per heavy atom. The number of benzene rings is 3. The third-order valence-corrected chi connectivity index (χ3v) is 8.68. The molecular weight excluding hydrogens is 558 g/mol. The minimum atomic E-state index is -3.17. The molecule has 2 aliphatic heterocycles. The Hall–Kier alpha value is -3.93. The smallest absolute Gasteiger partial charge is 0.270 e. The SMILES string of the molecule is N#C[C@]1(N2CCCCC2)CC(F)(F)CN1C(=O)CCC(=O)c1ccnc2ccc(-c3ccc4cc(Cl)ccc4c3)cc12. The number of halogens is 3. The molecule has 42 heavy (non-hydrogen) atoms. The summed E-state index contributed by atoms with van der Waals surface area (Å²) >= 11 is 6.13. The lowest BCUT2D eigenvalue weighted by Crippen LogP contribution is -2.59. The van der Waals surface area contributed by atoms with E-state index < -0.39 is 30.5 Å². The van der Waals surface area contributed by atoms with Crippen molar-refractivity contribution in [2.45, 2.75) is 50.1 Å². The number of alkyl halides is 2. The Morgan fingerprint density at radius 3 is 2.43 bits per heavy atom. The maximum atomic E-state index is 14.7. The van der Waals surface area contributed by atoms with Crippen LogP contribution in [0.2, 0.25) is 5.02 Å². The van der Waals surface area contributed by atoms with Crippen molar-refractivity contribution in [1.29, 1.82) is 5.26 Å². The monoisotopic (exact) mass is 586 g/mol. The molecule has 0 aliphatic carbocycles. The summed E-state index contributed by atoms with van der Waals surface area (Å²) in [6.45, 7) is 0.162. The van der Waals surface area contributed by atoms with Crippen LogP contribution in [-0.4, -0.2) is 57.7 Å². The van der Waals surface area contributed by atoms with Gasteiger partial charge < -0.3 is 4.90 Å². The van der Waals surface area contributed by atoms with E-state index in [0.29, 0.717) is 34.6 Å². The van der Waals surface area contributed by atoms with E-state index in [0.717, 1.165) is 46.1 Å². The Morgan fingerprint density at radius 1 is 0.929 bits per heavy atom. The van der Waals surface area contributed by atoms with Gasteiger partial charge >= 0.3 is 0 Å². The lowest BCUT2D eigenvalue weighted by Gasteiger charge is -2.43. The van der Waals surface area contributed by atoms with Crippen molar-refractivity contribution in [3.05, 3.63) is 77.4 Å². The van der Waals surface area contributed by atoms with E-state index in [9.17, 15) is 23.6 Å². The van der Waals surface area contributed by atoms with Crippen LogP contribution in [0.3, 0.4) is 0 Å². The van der Waals surface area contributed by atoms with Crippen molar-refractivity contribution < 1.29 is 18.4 Å². The molecule has 2 saturated heterocycles. The van der Waals surface area contributed by atoms with Crippen molar-refractivity contribution >= 4 is 45.0 Å². The second kappa shape index (κ2) is 11.0. The fraction of sp³-hybridized carbons (Fsp3) is 0.333. The van der Waals surface area contributed by atoms with E-state index >= 15 is 0 Å². The van der Waals surface area contributed by atoms with Crippen molar-refractivity contribution in [3.8, 4) is 17.2 Å². The number of aromatic nitrogens is 1. The summed E-state index contributed by atoms with van der Waals surface area (Å²) in [5.41, 5.74) is 1.22. The quantitative estimate of drug-likeness (QED) is 0.223. The molecule has 2 aliphatic rings. The number of carbonyl (C=O) groups is 2. The van der Waals surface area contributed by atoms with Crippen molar-refractivity contribution in [1.82, 2.24) is 14.8 Å². The van der Waals surface area contributed by atoms with Crippen LogP contribution in [0.25, 0.3) is 32.8 Å². The number of nitrogens with zero attached hydrogens (tertiary/aromatic N) is 4. The molecule has 3 heterocycles. The van der Waals surface area contributed by atoms with Gasteiger partial charge in [-0.25, -0.2) is 8.78 Å². The number of carbonyl (C=O) groups excluding carboxylic acids is 2. The zero-order chi connectivity index (χ0) is 29.5. The first kappa shape index (κ1) is 28.2. The zero-order valence-corrected chi connectivity index (χ0v) is 23.7. The third kappa shape index (κ3) is 5.23. The van der Waals surface area contributed by atoms with Gasteiger partial charge in [-0.05, 0) is 71.1 Å². The highest BCUT2D eigenvalue weighted by atomic mass is 35.5. The number of hydrogen-bond acceptors (Lipinski definition) is 5. The molecule has 2 fully saturated rings. The summed E-state index contributed by atoms with van der Waals surface area (Å²) in [6, 6.07) is 21.1. The van der Waals surface area contributed by atoms with Crippen molar-refractivity contribution in [3.63, 3.8) is 0 Å². The maximum absolute atomic E-state index is 14.7. The fourth-order valence-corrected chi connectivity index (χ4v) is 6.52. The normalized spacial score (nSPS) is 20.6. The second-order valence-corrected chi connectivity index (χ2v) is 11.6. The summed E-state index contributed by atoms with van der Waals surface area (Å²) in [4.78, 5) is 34.0. The molecule has 0 radical (unpaired) electrons. The first-order valence-electron chi connectivity index (χ1n) is 14.2. The average molecular weight is 587 g/mol. The summed E-state index contributed by atoms with van der Waals surface area (Å²) in [7, 11) is 0. The summed E-state index contributed by atoms with van der Waals surface area (Å²) in [5.74, 6) is -4.06. The molecule has 6 nitrogen and oxygen atoms in total. The van der Waals surface area contributed by atoms with Crippen LogP contribution in [0.1, 0.15) is 48.9 Å².